The Kier molecular flexibility index (Phi) is 2.52. The lowest BCUT2D eigenvalue weighted by Gasteiger charge is -2.11. The van der Waals surface area contributed by atoms with Gasteiger partial charge in [0.15, 0.2) is 0 Å². The van der Waals surface area contributed by atoms with Crippen molar-refractivity contribution in [3.05, 3.63) is 23.1 Å². The Morgan fingerprint density at radius 3 is 3.06 bits per heavy atom. The molecule has 0 spiro atoms. The van der Waals surface area contributed by atoms with E-state index in [1.165, 1.54) is 11.3 Å². The van der Waals surface area contributed by atoms with Crippen LogP contribution in [0.15, 0.2) is 23.1 Å². The van der Waals surface area contributed by atoms with Gasteiger partial charge in [-0.1, -0.05) is 0 Å². The number of phenolic OH excluding ortho intramolecular Hbond substituents is 1. The largest absolute Gasteiger partial charge is 0.508 e. The monoisotopic (exact) mass is 265 g/mol. The molecule has 2 heterocycles. The van der Waals surface area contributed by atoms with Crippen molar-refractivity contribution in [3.63, 3.8) is 0 Å². The van der Waals surface area contributed by atoms with Gasteiger partial charge in [-0.25, -0.2) is 0 Å². The van der Waals surface area contributed by atoms with Crippen molar-refractivity contribution >= 4 is 39.1 Å². The third-order valence-corrected chi connectivity index (χ3v) is 5.23. The maximum atomic E-state index is 12.2. The Bertz CT molecular complexity index is 606. The molecule has 0 unspecified atom stereocenters. The molecular formula is C12H11NO2S2. The van der Waals surface area contributed by atoms with E-state index in [0.29, 0.717) is 0 Å². The number of thiophene rings is 1. The molecule has 1 amide bonds. The molecule has 1 aromatic carbocycles. The molecule has 2 aromatic rings. The summed E-state index contributed by atoms with van der Waals surface area (Å²) in [6, 6.07) is 5.28. The molecule has 3 rings (SSSR count). The quantitative estimate of drug-likeness (QED) is 0.796. The van der Waals surface area contributed by atoms with E-state index < -0.39 is 0 Å². The molecule has 1 aliphatic rings. The van der Waals surface area contributed by atoms with Crippen LogP contribution in [0.3, 0.4) is 0 Å². The minimum Gasteiger partial charge on any atom is -0.508 e. The van der Waals surface area contributed by atoms with Crippen LogP contribution in [-0.2, 0) is 0 Å². The van der Waals surface area contributed by atoms with Crippen molar-refractivity contribution in [3.8, 4) is 5.75 Å². The first-order chi connectivity index (χ1) is 8.16. The minimum absolute atomic E-state index is 0.0886. The van der Waals surface area contributed by atoms with Crippen molar-refractivity contribution < 1.29 is 9.90 Å². The number of rotatable bonds is 0. The zero-order chi connectivity index (χ0) is 12.0. The summed E-state index contributed by atoms with van der Waals surface area (Å²) in [4.78, 5) is 15.7. The van der Waals surface area contributed by atoms with Gasteiger partial charge in [0.2, 0.25) is 0 Å². The fourth-order valence-electron chi connectivity index (χ4n) is 1.91. The first-order valence-corrected chi connectivity index (χ1v) is 7.11. The highest BCUT2D eigenvalue weighted by molar-refractivity contribution is 7.99. The Morgan fingerprint density at radius 2 is 2.24 bits per heavy atom. The van der Waals surface area contributed by atoms with E-state index in [2.05, 4.69) is 0 Å². The van der Waals surface area contributed by atoms with Gasteiger partial charge in [0.25, 0.3) is 5.91 Å². The van der Waals surface area contributed by atoms with E-state index in [-0.39, 0.29) is 11.7 Å². The van der Waals surface area contributed by atoms with Crippen molar-refractivity contribution in [2.24, 2.45) is 0 Å². The third kappa shape index (κ3) is 1.70. The van der Waals surface area contributed by atoms with E-state index in [0.717, 1.165) is 32.2 Å². The molecule has 0 bridgehead atoms. The Morgan fingerprint density at radius 1 is 1.41 bits per heavy atom. The van der Waals surface area contributed by atoms with Crippen molar-refractivity contribution in [1.82, 2.24) is 4.90 Å². The molecule has 1 aliphatic heterocycles. The maximum absolute atomic E-state index is 12.2. The molecule has 0 radical (unpaired) electrons. The number of fused-ring (bicyclic) bond motifs is 3. The maximum Gasteiger partial charge on any atom is 0.264 e. The van der Waals surface area contributed by atoms with Gasteiger partial charge in [-0.05, 0) is 18.2 Å². The Balaban J connectivity index is 2.27. The summed E-state index contributed by atoms with van der Waals surface area (Å²) in [5.74, 6) is 1.24. The number of phenols is 1. The number of amides is 1. The molecule has 0 saturated heterocycles. The highest BCUT2D eigenvalue weighted by Gasteiger charge is 2.24. The van der Waals surface area contributed by atoms with Crippen LogP contribution in [0.4, 0.5) is 0 Å². The number of thioether (sulfide) groups is 1. The van der Waals surface area contributed by atoms with Gasteiger partial charge in [0, 0.05) is 34.3 Å². The van der Waals surface area contributed by atoms with Crippen LogP contribution >= 0.6 is 23.1 Å². The van der Waals surface area contributed by atoms with Crippen LogP contribution < -0.4 is 0 Å². The molecule has 5 heteroatoms. The average Bonchev–Trinajstić information content (AvgIpc) is 2.60. The van der Waals surface area contributed by atoms with Gasteiger partial charge in [0.1, 0.15) is 10.6 Å². The lowest BCUT2D eigenvalue weighted by Crippen LogP contribution is -2.26. The second-order valence-electron chi connectivity index (χ2n) is 4.02. The Labute approximate surface area is 107 Å². The zero-order valence-corrected chi connectivity index (χ0v) is 10.9. The smallest absolute Gasteiger partial charge is 0.264 e. The van der Waals surface area contributed by atoms with Crippen molar-refractivity contribution in [1.29, 1.82) is 0 Å². The first-order valence-electron chi connectivity index (χ1n) is 5.30. The van der Waals surface area contributed by atoms with Gasteiger partial charge in [-0.2, -0.15) is 0 Å². The van der Waals surface area contributed by atoms with E-state index in [1.54, 1.807) is 28.8 Å². The standard InChI is InChI=1S/C12H11NO2S2/c1-13-4-5-16-10-8-6-7(14)2-3-9(8)17-11(10)12(13)15/h2-3,6,14H,4-5H2,1H3. The number of carbonyl (C=O) groups is 1. The second-order valence-corrected chi connectivity index (χ2v) is 6.17. The van der Waals surface area contributed by atoms with Gasteiger partial charge in [-0.15, -0.1) is 23.1 Å². The topological polar surface area (TPSA) is 40.5 Å². The third-order valence-electron chi connectivity index (χ3n) is 2.84. The van der Waals surface area contributed by atoms with Gasteiger partial charge < -0.3 is 10.0 Å². The molecule has 0 fully saturated rings. The highest BCUT2D eigenvalue weighted by Crippen LogP contribution is 2.41. The fraction of sp³-hybridized carbons (Fsp3) is 0.250. The van der Waals surface area contributed by atoms with E-state index >= 15 is 0 Å². The normalized spacial score (nSPS) is 16.1. The summed E-state index contributed by atoms with van der Waals surface area (Å²) in [6.45, 7) is 0.769. The average molecular weight is 265 g/mol. The summed E-state index contributed by atoms with van der Waals surface area (Å²) < 4.78 is 1.06. The molecule has 3 nitrogen and oxygen atoms in total. The zero-order valence-electron chi connectivity index (χ0n) is 9.27. The number of aromatic hydroxyl groups is 1. The molecule has 1 N–H and O–H groups in total. The van der Waals surface area contributed by atoms with Crippen LogP contribution in [0.1, 0.15) is 9.67 Å². The van der Waals surface area contributed by atoms with Crippen LogP contribution in [0.25, 0.3) is 10.1 Å². The first kappa shape index (κ1) is 10.9. The fourth-order valence-corrected chi connectivity index (χ4v) is 4.46. The van der Waals surface area contributed by atoms with Crippen LogP contribution in [0.5, 0.6) is 5.75 Å². The predicted molar refractivity (Wildman–Crippen MR) is 71.2 cm³/mol. The summed E-state index contributed by atoms with van der Waals surface area (Å²) in [6.07, 6.45) is 0. The lowest BCUT2D eigenvalue weighted by molar-refractivity contribution is 0.0807. The highest BCUT2D eigenvalue weighted by atomic mass is 32.2. The number of benzene rings is 1. The van der Waals surface area contributed by atoms with E-state index in [9.17, 15) is 9.90 Å². The van der Waals surface area contributed by atoms with E-state index in [1.807, 2.05) is 13.1 Å². The Hall–Kier alpha value is -1.20. The minimum atomic E-state index is 0.0886. The molecule has 0 atom stereocenters. The van der Waals surface area contributed by atoms with Gasteiger partial charge in [-0.3, -0.25) is 4.79 Å². The molecule has 0 saturated carbocycles. The molecular weight excluding hydrogens is 254 g/mol. The number of nitrogens with zero attached hydrogens (tertiary/aromatic N) is 1. The van der Waals surface area contributed by atoms with Crippen molar-refractivity contribution in [2.75, 3.05) is 19.3 Å². The SMILES string of the molecule is CN1CCSc2c(sc3ccc(O)cc23)C1=O. The molecule has 0 aliphatic carbocycles. The number of hydrogen-bond acceptors (Lipinski definition) is 4. The molecule has 1 aromatic heterocycles. The van der Waals surface area contributed by atoms with Crippen molar-refractivity contribution in [2.45, 2.75) is 4.90 Å². The van der Waals surface area contributed by atoms with Crippen LogP contribution in [-0.4, -0.2) is 35.3 Å². The van der Waals surface area contributed by atoms with Crippen LogP contribution in [0, 0.1) is 0 Å². The van der Waals surface area contributed by atoms with Gasteiger partial charge >= 0.3 is 0 Å². The lowest BCUT2D eigenvalue weighted by atomic mass is 10.2. The number of carbonyl (C=O) groups excluding carboxylic acids is 1. The summed E-state index contributed by atoms with van der Waals surface area (Å²) in [5, 5.41) is 10.5. The molecule has 88 valence electrons. The summed E-state index contributed by atoms with van der Waals surface area (Å²) in [5.41, 5.74) is 0. The van der Waals surface area contributed by atoms with Gasteiger partial charge in [0.05, 0.1) is 0 Å². The molecule has 17 heavy (non-hydrogen) atoms. The predicted octanol–water partition coefficient (Wildman–Crippen LogP) is 2.78. The summed E-state index contributed by atoms with van der Waals surface area (Å²) in [7, 11) is 1.83. The van der Waals surface area contributed by atoms with E-state index in [4.69, 9.17) is 0 Å². The number of hydrogen-bond donors (Lipinski definition) is 1. The second kappa shape index (κ2) is 3.92. The summed E-state index contributed by atoms with van der Waals surface area (Å²) >= 11 is 3.21. The van der Waals surface area contributed by atoms with Crippen LogP contribution in [0.2, 0.25) is 0 Å².